The molecule has 428 valence electrons. The number of aliphatic hydroxyl groups excluding tert-OH is 1. The van der Waals surface area contributed by atoms with Crippen LogP contribution in [-0.4, -0.2) is 81.9 Å². The Bertz CT molecular complexity index is 2010. The number of methoxy groups -OCH3 is 2. The number of aliphatic carboxylic acids is 1. The molecule has 8 rings (SSSR count). The summed E-state index contributed by atoms with van der Waals surface area (Å²) in [4.78, 5) is 43.7. The van der Waals surface area contributed by atoms with E-state index in [-0.39, 0.29) is 55.2 Å². The molecular weight excluding hydrogens is 945 g/mol. The first-order valence-electron chi connectivity index (χ1n) is 30.1. The van der Waals surface area contributed by atoms with Gasteiger partial charge < -0.3 is 34.6 Å². The van der Waals surface area contributed by atoms with Crippen LogP contribution in [0, 0.1) is 80.8 Å². The second kappa shape index (κ2) is 25.1. The highest BCUT2D eigenvalue weighted by Gasteiger charge is 2.61. The van der Waals surface area contributed by atoms with E-state index >= 15 is 0 Å². The summed E-state index contributed by atoms with van der Waals surface area (Å²) in [5.74, 6) is 5.99. The number of fused-ring (bicyclic) bond motifs is 10. The number of aliphatic hydroxyl groups is 3. The predicted octanol–water partition coefficient (Wildman–Crippen LogP) is 13.5. The molecule has 0 amide bonds. The smallest absolute Gasteiger partial charge is 0.306 e. The van der Waals surface area contributed by atoms with Crippen molar-refractivity contribution in [3.8, 4) is 0 Å². The van der Waals surface area contributed by atoms with Crippen molar-refractivity contribution in [3.63, 3.8) is 0 Å². The van der Waals surface area contributed by atoms with Crippen LogP contribution in [0.5, 0.6) is 0 Å². The number of carboxylic acids is 1. The summed E-state index contributed by atoms with van der Waals surface area (Å²) in [5.41, 5.74) is 3.60. The van der Waals surface area contributed by atoms with E-state index < -0.39 is 23.1 Å². The van der Waals surface area contributed by atoms with Crippen molar-refractivity contribution in [2.75, 3.05) is 14.2 Å². The molecule has 0 radical (unpaired) electrons. The molecule has 6 fully saturated rings. The molecule has 0 aromatic rings. The Balaban J connectivity index is 0.000000214. The van der Waals surface area contributed by atoms with E-state index in [1.807, 2.05) is 27.7 Å². The fraction of sp³-hybridized carbons (Fsp3) is 0.875. The van der Waals surface area contributed by atoms with Crippen LogP contribution in [0.1, 0.15) is 236 Å². The summed E-state index contributed by atoms with van der Waals surface area (Å²) >= 11 is 0. The minimum Gasteiger partial charge on any atom is -0.481 e. The van der Waals surface area contributed by atoms with Gasteiger partial charge in [-0.25, -0.2) is 0 Å². The van der Waals surface area contributed by atoms with Crippen molar-refractivity contribution in [2.45, 2.75) is 260 Å². The van der Waals surface area contributed by atoms with Gasteiger partial charge >= 0.3 is 23.9 Å². The van der Waals surface area contributed by atoms with Crippen LogP contribution >= 0.6 is 0 Å². The van der Waals surface area contributed by atoms with E-state index in [1.54, 1.807) is 5.57 Å². The summed E-state index contributed by atoms with van der Waals surface area (Å²) in [6, 6.07) is 0. The van der Waals surface area contributed by atoms with E-state index in [0.29, 0.717) is 16.2 Å². The first-order chi connectivity index (χ1) is 35.1. The lowest BCUT2D eigenvalue weighted by Gasteiger charge is -2.58. The molecule has 0 aliphatic heterocycles. The van der Waals surface area contributed by atoms with Gasteiger partial charge in [0, 0.05) is 6.42 Å². The van der Waals surface area contributed by atoms with Crippen molar-refractivity contribution in [1.29, 1.82) is 0 Å². The zero-order chi connectivity index (χ0) is 55.3. The summed E-state index contributed by atoms with van der Waals surface area (Å²) < 4.78 is 14.6. The van der Waals surface area contributed by atoms with Crippen molar-refractivity contribution >= 4 is 23.9 Å². The largest absolute Gasteiger partial charge is 0.481 e. The molecule has 0 aromatic carbocycles. The van der Waals surface area contributed by atoms with Gasteiger partial charge in [-0.2, -0.15) is 0 Å². The molecular formula is C64H106O11. The molecule has 0 unspecified atom stereocenters. The number of carbonyl (C=O) groups is 4. The summed E-state index contributed by atoms with van der Waals surface area (Å²) in [6.07, 6.45) is 31.0. The van der Waals surface area contributed by atoms with Gasteiger partial charge in [0.25, 0.3) is 0 Å². The normalized spacial score (nSPS) is 37.5. The number of hydrogen-bond donors (Lipinski definition) is 4. The fourth-order valence-electron chi connectivity index (χ4n) is 18.3. The van der Waals surface area contributed by atoms with Gasteiger partial charge in [-0.05, 0) is 218 Å². The average molecular weight is 1050 g/mol. The summed E-state index contributed by atoms with van der Waals surface area (Å²) in [7, 11) is 2.57. The Kier molecular flexibility index (Phi) is 20.6. The molecule has 0 spiro atoms. The molecule has 0 bridgehead atoms. The van der Waals surface area contributed by atoms with E-state index in [0.717, 1.165) is 117 Å². The van der Waals surface area contributed by atoms with Gasteiger partial charge in [-0.15, -0.1) is 0 Å². The highest BCUT2D eigenvalue weighted by molar-refractivity contribution is 5.77. The molecule has 75 heavy (non-hydrogen) atoms. The Morgan fingerprint density at radius 2 is 1.01 bits per heavy atom. The molecule has 4 N–H and O–H groups in total. The number of carboxylic acid groups (broad SMARTS) is 1. The molecule has 0 heterocycles. The number of allylic oxidation sites excluding steroid dienone is 2. The molecule has 8 aliphatic carbocycles. The third-order valence-corrected chi connectivity index (χ3v) is 22.4. The number of hydrogen-bond acceptors (Lipinski definition) is 10. The van der Waals surface area contributed by atoms with E-state index in [4.69, 9.17) is 9.84 Å². The minimum absolute atomic E-state index is 0.0498. The topological polar surface area (TPSA) is 177 Å². The standard InChI is InChI=1S/C32H52O5.C27H46O2.C5H8O4/c1-21(8-7-17-30(2,3)35)25-11-12-26-24-10-9-22-20-23(37-29(34)14-13-28(33)36-6)15-18-31(22,4)27(24)16-19-32(25,26)5;1-18(7-6-14-25(2,3)29)22-10-11-23-21-9-8-19-17-20(28)12-15-26(19,4)24(21)13-16-27(22,23)5;1-9-5(8)3-2-4(6)7/h9,21,23-27,35H,7-8,10-20H2,1-6H3;8,18,20-24,28-29H,6-7,9-17H2,1-5H3;2-3H2,1H3,(H,6,7)/t21-,23+,24+,25-,26+,27+,31+,32-;18-,20+,21+,22-,23+,24+,26+,27-;/m11./s1. The Morgan fingerprint density at radius 1 is 0.587 bits per heavy atom. The van der Waals surface area contributed by atoms with Crippen LogP contribution in [0.15, 0.2) is 23.3 Å². The number of esters is 3. The summed E-state index contributed by atoms with van der Waals surface area (Å²) in [5, 5.41) is 38.5. The van der Waals surface area contributed by atoms with Crippen LogP contribution in [0.2, 0.25) is 0 Å². The fourth-order valence-corrected chi connectivity index (χ4v) is 18.3. The maximum atomic E-state index is 12.3. The lowest BCUT2D eigenvalue weighted by atomic mass is 9.47. The second-order valence-corrected chi connectivity index (χ2v) is 28.1. The SMILES string of the molecule is COC(=O)CCC(=O)O.COC(=O)CCC(=O)O[C@H]1CC[C@@]2(C)C(=CC[C@H]3[C@@H]4CC[C@H]([C@H](C)CCCC(C)(C)O)[C@@]4(C)CC[C@@H]32)C1.C[C@H](CCCC(C)(C)O)[C@H]1CC[C@H]2[C@@H]3CC=C4C[C@@H](O)CC[C@]4(C)[C@H]3CC[C@]12C. The molecule has 11 nitrogen and oxygen atoms in total. The van der Waals surface area contributed by atoms with Crippen molar-refractivity contribution in [3.05, 3.63) is 23.3 Å². The van der Waals surface area contributed by atoms with Crippen LogP contribution in [0.4, 0.5) is 0 Å². The molecule has 6 saturated carbocycles. The van der Waals surface area contributed by atoms with Crippen molar-refractivity contribution in [2.24, 2.45) is 80.8 Å². The second-order valence-electron chi connectivity index (χ2n) is 28.1. The number of carbonyl (C=O) groups excluding carboxylic acids is 3. The van der Waals surface area contributed by atoms with Crippen LogP contribution in [-0.2, 0) is 33.4 Å². The third kappa shape index (κ3) is 14.5. The maximum absolute atomic E-state index is 12.3. The first kappa shape index (κ1) is 61.5. The average Bonchev–Trinajstić information content (AvgIpc) is 3.89. The van der Waals surface area contributed by atoms with Crippen LogP contribution in [0.25, 0.3) is 0 Å². The van der Waals surface area contributed by atoms with Gasteiger partial charge in [-0.1, -0.05) is 90.5 Å². The van der Waals surface area contributed by atoms with Gasteiger partial charge in [0.1, 0.15) is 6.10 Å². The summed E-state index contributed by atoms with van der Waals surface area (Å²) in [6.45, 7) is 23.0. The molecule has 0 saturated heterocycles. The Hall–Kier alpha value is -2.76. The monoisotopic (exact) mass is 1050 g/mol. The van der Waals surface area contributed by atoms with Gasteiger partial charge in [-0.3, -0.25) is 19.2 Å². The first-order valence-corrected chi connectivity index (χ1v) is 30.1. The molecule has 8 aliphatic rings. The molecule has 11 heteroatoms. The molecule has 0 aromatic heterocycles. The lowest BCUT2D eigenvalue weighted by Crippen LogP contribution is -2.51. The minimum atomic E-state index is -0.986. The van der Waals surface area contributed by atoms with Gasteiger partial charge in [0.2, 0.25) is 0 Å². The highest BCUT2D eigenvalue weighted by Crippen LogP contribution is 2.69. The van der Waals surface area contributed by atoms with Gasteiger partial charge in [0.05, 0.1) is 57.2 Å². The number of ether oxygens (including phenoxy) is 3. The molecule has 16 atom stereocenters. The third-order valence-electron chi connectivity index (χ3n) is 22.4. The van der Waals surface area contributed by atoms with E-state index in [9.17, 15) is 34.5 Å². The lowest BCUT2D eigenvalue weighted by molar-refractivity contribution is -0.154. The van der Waals surface area contributed by atoms with Crippen molar-refractivity contribution in [1.82, 2.24) is 0 Å². The zero-order valence-electron chi connectivity index (χ0n) is 49.1. The Labute approximate surface area is 453 Å². The quantitative estimate of drug-likeness (QED) is 0.0619. The van der Waals surface area contributed by atoms with Crippen molar-refractivity contribution < 1.29 is 53.8 Å². The maximum Gasteiger partial charge on any atom is 0.306 e. The van der Waals surface area contributed by atoms with E-state index in [2.05, 4.69) is 63.2 Å². The Morgan fingerprint density at radius 3 is 1.45 bits per heavy atom. The van der Waals surface area contributed by atoms with E-state index in [1.165, 1.54) is 103 Å². The zero-order valence-corrected chi connectivity index (χ0v) is 49.1. The number of rotatable bonds is 17. The highest BCUT2D eigenvalue weighted by atomic mass is 16.5. The van der Waals surface area contributed by atoms with Crippen LogP contribution < -0.4 is 0 Å². The predicted molar refractivity (Wildman–Crippen MR) is 295 cm³/mol. The van der Waals surface area contributed by atoms with Gasteiger partial charge in [0.15, 0.2) is 0 Å². The van der Waals surface area contributed by atoms with Crippen LogP contribution in [0.3, 0.4) is 0 Å².